The van der Waals surface area contributed by atoms with Crippen molar-refractivity contribution in [3.63, 3.8) is 0 Å². The highest BCUT2D eigenvalue weighted by Crippen LogP contribution is 2.48. The molecule has 1 aromatic heterocycles. The Kier molecular flexibility index (Phi) is 9.03. The molecule has 1 amide bonds. The molecular formula is C30H38FN3O4. The normalized spacial score (nSPS) is 19.1. The van der Waals surface area contributed by atoms with Crippen LogP contribution in [0.25, 0.3) is 0 Å². The first-order valence-corrected chi connectivity index (χ1v) is 13.3. The van der Waals surface area contributed by atoms with Crippen LogP contribution in [0.5, 0.6) is 5.88 Å². The predicted octanol–water partition coefficient (Wildman–Crippen LogP) is 3.47. The van der Waals surface area contributed by atoms with Crippen molar-refractivity contribution in [2.45, 2.75) is 76.2 Å². The lowest BCUT2D eigenvalue weighted by molar-refractivity contribution is -0.126. The molecule has 2 heterocycles. The summed E-state index contributed by atoms with van der Waals surface area (Å²) in [6.07, 6.45) is 11.4. The van der Waals surface area contributed by atoms with Gasteiger partial charge in [0.15, 0.2) is 0 Å². The molecular weight excluding hydrogens is 485 g/mol. The maximum Gasteiger partial charge on any atom is 0.246 e. The van der Waals surface area contributed by atoms with E-state index >= 15 is 0 Å². The average Bonchev–Trinajstić information content (AvgIpc) is 2.85. The summed E-state index contributed by atoms with van der Waals surface area (Å²) in [5.41, 5.74) is 2.92. The molecule has 1 aliphatic heterocycles. The summed E-state index contributed by atoms with van der Waals surface area (Å²) in [6.45, 7) is 4.42. The van der Waals surface area contributed by atoms with E-state index in [1.54, 1.807) is 6.07 Å². The fourth-order valence-electron chi connectivity index (χ4n) is 5.39. The second-order valence-corrected chi connectivity index (χ2v) is 11.0. The third-order valence-electron chi connectivity index (χ3n) is 7.35. The molecule has 1 fully saturated rings. The first kappa shape index (κ1) is 28.0. The molecule has 0 radical (unpaired) electrons. The number of methoxy groups -OCH3 is 1. The Morgan fingerprint density at radius 2 is 2.08 bits per heavy atom. The number of hydrogen-bond acceptors (Lipinski definition) is 6. The van der Waals surface area contributed by atoms with Crippen molar-refractivity contribution in [3.05, 3.63) is 58.5 Å². The van der Waals surface area contributed by atoms with E-state index in [-0.39, 0.29) is 37.1 Å². The minimum absolute atomic E-state index is 0.0501. The van der Waals surface area contributed by atoms with Crippen molar-refractivity contribution in [3.8, 4) is 18.2 Å². The van der Waals surface area contributed by atoms with Crippen molar-refractivity contribution < 1.29 is 23.8 Å². The van der Waals surface area contributed by atoms with Crippen LogP contribution in [0.15, 0.2) is 30.5 Å². The van der Waals surface area contributed by atoms with Crippen molar-refractivity contribution >= 4 is 5.91 Å². The SMILES string of the molecule is C#Cc1cc(F)cc(CC(NC(=O)COC)[C@H](O)CN[C@H]2CC3(CCC3)Oc3ncc(CC(C)C)cc32)c1. The van der Waals surface area contributed by atoms with Crippen LogP contribution in [0.3, 0.4) is 0 Å². The van der Waals surface area contributed by atoms with Gasteiger partial charge in [0.25, 0.3) is 0 Å². The average molecular weight is 524 g/mol. The Morgan fingerprint density at radius 3 is 2.74 bits per heavy atom. The van der Waals surface area contributed by atoms with Gasteiger partial charge in [-0.1, -0.05) is 19.8 Å². The van der Waals surface area contributed by atoms with Crippen LogP contribution < -0.4 is 15.4 Å². The number of fused-ring (bicyclic) bond motifs is 1. The molecule has 38 heavy (non-hydrogen) atoms. The van der Waals surface area contributed by atoms with Gasteiger partial charge >= 0.3 is 0 Å². The van der Waals surface area contributed by atoms with Crippen LogP contribution in [0.4, 0.5) is 4.39 Å². The highest BCUT2D eigenvalue weighted by Gasteiger charge is 2.46. The molecule has 1 aromatic carbocycles. The molecule has 1 saturated carbocycles. The van der Waals surface area contributed by atoms with E-state index in [1.807, 2.05) is 6.20 Å². The second kappa shape index (κ2) is 12.2. The van der Waals surface area contributed by atoms with Gasteiger partial charge in [-0.3, -0.25) is 4.79 Å². The molecule has 2 aromatic rings. The number of aliphatic hydroxyl groups excluding tert-OH is 1. The van der Waals surface area contributed by atoms with Crippen molar-refractivity contribution in [2.24, 2.45) is 5.92 Å². The number of nitrogens with zero attached hydrogens (tertiary/aromatic N) is 1. The zero-order valence-corrected chi connectivity index (χ0v) is 22.4. The first-order valence-electron chi connectivity index (χ1n) is 13.3. The zero-order valence-electron chi connectivity index (χ0n) is 22.4. The molecule has 2 aliphatic rings. The van der Waals surface area contributed by atoms with Gasteiger partial charge in [0.05, 0.1) is 12.1 Å². The van der Waals surface area contributed by atoms with Crippen LogP contribution in [0.2, 0.25) is 0 Å². The fourth-order valence-corrected chi connectivity index (χ4v) is 5.39. The largest absolute Gasteiger partial charge is 0.471 e. The summed E-state index contributed by atoms with van der Waals surface area (Å²) >= 11 is 0. The summed E-state index contributed by atoms with van der Waals surface area (Å²) in [5.74, 6) is 2.78. The number of benzene rings is 1. The molecule has 3 N–H and O–H groups in total. The topological polar surface area (TPSA) is 92.7 Å². The second-order valence-electron chi connectivity index (χ2n) is 11.0. The van der Waals surface area contributed by atoms with E-state index in [4.69, 9.17) is 15.9 Å². The van der Waals surface area contributed by atoms with Crippen LogP contribution in [0.1, 0.15) is 67.8 Å². The Hall–Kier alpha value is -2.99. The van der Waals surface area contributed by atoms with Gasteiger partial charge in [-0.2, -0.15) is 0 Å². The van der Waals surface area contributed by atoms with Crippen LogP contribution in [0, 0.1) is 24.1 Å². The monoisotopic (exact) mass is 523 g/mol. The molecule has 204 valence electrons. The highest BCUT2D eigenvalue weighted by molar-refractivity contribution is 5.77. The van der Waals surface area contributed by atoms with Gasteiger partial charge in [-0.05, 0) is 73.4 Å². The number of hydrogen-bond donors (Lipinski definition) is 3. The quantitative estimate of drug-likeness (QED) is 0.391. The van der Waals surface area contributed by atoms with E-state index in [9.17, 15) is 14.3 Å². The number of halogens is 1. The molecule has 1 spiro atoms. The number of pyridine rings is 1. The Morgan fingerprint density at radius 1 is 1.29 bits per heavy atom. The van der Waals surface area contributed by atoms with Crippen molar-refractivity contribution in [1.29, 1.82) is 0 Å². The Balaban J connectivity index is 1.52. The Labute approximate surface area is 224 Å². The molecule has 4 rings (SSSR count). The molecule has 1 unspecified atom stereocenters. The Bertz CT molecular complexity index is 1170. The molecule has 0 bridgehead atoms. The summed E-state index contributed by atoms with van der Waals surface area (Å²) in [6, 6.07) is 5.76. The van der Waals surface area contributed by atoms with E-state index in [2.05, 4.69) is 41.5 Å². The fraction of sp³-hybridized carbons (Fsp3) is 0.533. The number of terminal acetylenes is 1. The minimum atomic E-state index is -0.955. The van der Waals surface area contributed by atoms with Crippen LogP contribution in [-0.2, 0) is 22.4 Å². The molecule has 0 saturated heterocycles. The first-order chi connectivity index (χ1) is 18.2. The third kappa shape index (κ3) is 6.90. The number of amides is 1. The van der Waals surface area contributed by atoms with Gasteiger partial charge in [-0.15, -0.1) is 6.42 Å². The van der Waals surface area contributed by atoms with E-state index in [1.165, 1.54) is 19.2 Å². The summed E-state index contributed by atoms with van der Waals surface area (Å²) in [7, 11) is 1.43. The van der Waals surface area contributed by atoms with E-state index < -0.39 is 18.0 Å². The molecule has 1 aliphatic carbocycles. The lowest BCUT2D eigenvalue weighted by atomic mass is 9.73. The third-order valence-corrected chi connectivity index (χ3v) is 7.35. The molecule has 7 nitrogen and oxygen atoms in total. The van der Waals surface area contributed by atoms with Gasteiger partial charge in [0, 0.05) is 43.4 Å². The number of aliphatic hydroxyl groups is 1. The summed E-state index contributed by atoms with van der Waals surface area (Å²) in [4.78, 5) is 17.0. The summed E-state index contributed by atoms with van der Waals surface area (Å²) < 4.78 is 25.4. The number of nitrogens with one attached hydrogen (secondary N) is 2. The zero-order chi connectivity index (χ0) is 27.3. The number of carbonyl (C=O) groups is 1. The lowest BCUT2D eigenvalue weighted by Crippen LogP contribution is -2.52. The van der Waals surface area contributed by atoms with Gasteiger partial charge in [0.2, 0.25) is 11.8 Å². The van der Waals surface area contributed by atoms with E-state index in [0.29, 0.717) is 22.9 Å². The van der Waals surface area contributed by atoms with Gasteiger partial charge in [-0.25, -0.2) is 9.37 Å². The lowest BCUT2D eigenvalue weighted by Gasteiger charge is -2.47. The molecule has 3 atom stereocenters. The maximum atomic E-state index is 14.1. The molecule has 8 heteroatoms. The predicted molar refractivity (Wildman–Crippen MR) is 143 cm³/mol. The number of ether oxygens (including phenoxy) is 2. The van der Waals surface area contributed by atoms with E-state index in [0.717, 1.165) is 43.2 Å². The number of aromatic nitrogens is 1. The minimum Gasteiger partial charge on any atom is -0.471 e. The van der Waals surface area contributed by atoms with Crippen molar-refractivity contribution in [1.82, 2.24) is 15.6 Å². The standard InChI is InChI=1S/C30H38FN3O4/c1-5-20-10-21(12-23(31)11-20)14-25(34-28(36)18-37-4)27(35)17-32-26-15-30(7-6-8-30)38-29-24(26)13-22(16-33-29)9-19(2)3/h1,10-13,16,19,25-27,32,35H,6-9,14-15,17-18H2,2-4H3,(H,34,36)/t25?,26-,27+/m0/s1. The summed E-state index contributed by atoms with van der Waals surface area (Å²) in [5, 5.41) is 17.6. The van der Waals surface area contributed by atoms with Gasteiger partial charge < -0.3 is 25.2 Å². The maximum absolute atomic E-state index is 14.1. The van der Waals surface area contributed by atoms with Crippen LogP contribution in [-0.4, -0.2) is 54.0 Å². The number of rotatable bonds is 11. The van der Waals surface area contributed by atoms with Gasteiger partial charge in [0.1, 0.15) is 18.0 Å². The van der Waals surface area contributed by atoms with Crippen molar-refractivity contribution in [2.75, 3.05) is 20.3 Å². The highest BCUT2D eigenvalue weighted by atomic mass is 19.1. The smallest absolute Gasteiger partial charge is 0.246 e. The number of carbonyl (C=O) groups excluding carboxylic acids is 1. The van der Waals surface area contributed by atoms with Crippen LogP contribution >= 0.6 is 0 Å².